The zero-order chi connectivity index (χ0) is 25.6. The third kappa shape index (κ3) is 3.34. The van der Waals surface area contributed by atoms with Gasteiger partial charge in [0.25, 0.3) is 0 Å². The van der Waals surface area contributed by atoms with Crippen LogP contribution in [0.5, 0.6) is 0 Å². The molecular formula is C32H52O3. The van der Waals surface area contributed by atoms with Gasteiger partial charge in [0.15, 0.2) is 0 Å². The molecule has 0 amide bonds. The Balaban J connectivity index is 1.37. The molecule has 0 aromatic rings. The minimum atomic E-state index is -0.108. The number of hydrogen-bond acceptors (Lipinski definition) is 3. The number of Topliss-reactive ketones (excluding diaryl/α,β-unsaturated/α-hetero) is 1. The molecule has 0 aromatic heterocycles. The lowest BCUT2D eigenvalue weighted by Gasteiger charge is -2.63. The summed E-state index contributed by atoms with van der Waals surface area (Å²) in [4.78, 5) is 23.7. The van der Waals surface area contributed by atoms with Crippen LogP contribution in [0.1, 0.15) is 126 Å². The normalized spacial score (nSPS) is 49.0. The maximum atomic E-state index is 11.8. The molecule has 5 fully saturated rings. The summed E-state index contributed by atoms with van der Waals surface area (Å²) >= 11 is 0. The average Bonchev–Trinajstić information content (AvgIpc) is 3.36. The van der Waals surface area contributed by atoms with E-state index in [9.17, 15) is 9.59 Å². The van der Waals surface area contributed by atoms with E-state index in [2.05, 4.69) is 41.5 Å². The molecule has 5 rings (SSSR count). The second-order valence-electron chi connectivity index (χ2n) is 15.2. The SMILES string of the molecule is CC(=O)OC1CCC23CC24CCC2(C)C(C(C)CCC(C)C(C)=O)CCC2(C)C4CCC3C1(C)C. The summed E-state index contributed by atoms with van der Waals surface area (Å²) in [6, 6.07) is 0. The van der Waals surface area contributed by atoms with Crippen LogP contribution in [0.15, 0.2) is 0 Å². The Bertz CT molecular complexity index is 891. The molecule has 5 aliphatic rings. The summed E-state index contributed by atoms with van der Waals surface area (Å²) in [5.74, 6) is 3.51. The van der Waals surface area contributed by atoms with Crippen LogP contribution in [-0.4, -0.2) is 17.9 Å². The molecule has 5 aliphatic carbocycles. The molecule has 2 spiro atoms. The fraction of sp³-hybridized carbons (Fsp3) is 0.938. The van der Waals surface area contributed by atoms with Crippen molar-refractivity contribution >= 4 is 11.8 Å². The monoisotopic (exact) mass is 484 g/mol. The van der Waals surface area contributed by atoms with Crippen molar-refractivity contribution in [2.24, 2.45) is 56.7 Å². The van der Waals surface area contributed by atoms with Crippen LogP contribution >= 0.6 is 0 Å². The van der Waals surface area contributed by atoms with Gasteiger partial charge in [0.1, 0.15) is 11.9 Å². The fourth-order valence-corrected chi connectivity index (χ4v) is 11.6. The lowest BCUT2D eigenvalue weighted by atomic mass is 9.41. The molecule has 0 aliphatic heterocycles. The standard InChI is InChI=1S/C32H52O3/c1-20(22(3)33)9-10-21(2)24-13-15-30(8)26-12-11-25-28(5,6)27(35-23(4)34)14-16-31(25)19-32(26,31)18-17-29(24,30)7/h20-21,24-27H,9-19H2,1-8H3. The van der Waals surface area contributed by atoms with Gasteiger partial charge in [0.05, 0.1) is 0 Å². The van der Waals surface area contributed by atoms with Crippen molar-refractivity contribution in [1.29, 1.82) is 0 Å². The Morgan fingerprint density at radius 2 is 1.46 bits per heavy atom. The molecule has 0 saturated heterocycles. The highest BCUT2D eigenvalue weighted by Crippen LogP contribution is 2.89. The number of esters is 1. The van der Waals surface area contributed by atoms with E-state index in [4.69, 9.17) is 4.74 Å². The lowest BCUT2D eigenvalue weighted by molar-refractivity contribution is -0.181. The number of ether oxygens (including phenoxy) is 1. The minimum Gasteiger partial charge on any atom is -0.462 e. The van der Waals surface area contributed by atoms with Gasteiger partial charge in [0.2, 0.25) is 0 Å². The highest BCUT2D eigenvalue weighted by molar-refractivity contribution is 5.77. The summed E-state index contributed by atoms with van der Waals surface area (Å²) in [5.41, 5.74) is 2.01. The Labute approximate surface area is 214 Å². The number of carbonyl (C=O) groups excluding carboxylic acids is 2. The van der Waals surface area contributed by atoms with Crippen LogP contribution in [-0.2, 0) is 14.3 Å². The van der Waals surface area contributed by atoms with Crippen LogP contribution in [0, 0.1) is 56.7 Å². The first-order valence-electron chi connectivity index (χ1n) is 14.9. The molecule has 0 bridgehead atoms. The molecular weight excluding hydrogens is 432 g/mol. The van der Waals surface area contributed by atoms with Crippen LogP contribution in [0.4, 0.5) is 0 Å². The maximum Gasteiger partial charge on any atom is 0.302 e. The number of ketones is 1. The smallest absolute Gasteiger partial charge is 0.302 e. The van der Waals surface area contributed by atoms with Crippen molar-refractivity contribution in [2.45, 2.75) is 132 Å². The molecule has 10 atom stereocenters. The van der Waals surface area contributed by atoms with E-state index in [0.717, 1.165) is 24.7 Å². The van der Waals surface area contributed by atoms with Crippen molar-refractivity contribution in [3.63, 3.8) is 0 Å². The lowest BCUT2D eigenvalue weighted by Crippen LogP contribution is -2.58. The molecule has 0 radical (unpaired) electrons. The quantitative estimate of drug-likeness (QED) is 0.359. The van der Waals surface area contributed by atoms with E-state index in [-0.39, 0.29) is 23.4 Å². The second kappa shape index (κ2) is 8.07. The van der Waals surface area contributed by atoms with E-state index < -0.39 is 0 Å². The van der Waals surface area contributed by atoms with Gasteiger partial charge in [-0.05, 0) is 123 Å². The van der Waals surface area contributed by atoms with Gasteiger partial charge in [-0.2, -0.15) is 0 Å². The molecule has 3 heteroatoms. The molecule has 0 heterocycles. The largest absolute Gasteiger partial charge is 0.462 e. The molecule has 3 nitrogen and oxygen atoms in total. The first-order chi connectivity index (χ1) is 16.3. The number of fused-ring (bicyclic) bond motifs is 2. The molecule has 5 saturated carbocycles. The van der Waals surface area contributed by atoms with Crippen molar-refractivity contribution in [3.05, 3.63) is 0 Å². The van der Waals surface area contributed by atoms with Crippen LogP contribution in [0.3, 0.4) is 0 Å². The first-order valence-corrected chi connectivity index (χ1v) is 14.9. The van der Waals surface area contributed by atoms with Crippen LogP contribution < -0.4 is 0 Å². The Morgan fingerprint density at radius 1 is 0.800 bits per heavy atom. The molecule has 10 unspecified atom stereocenters. The minimum absolute atomic E-state index is 0.0835. The summed E-state index contributed by atoms with van der Waals surface area (Å²) < 4.78 is 5.89. The first kappa shape index (κ1) is 25.8. The van der Waals surface area contributed by atoms with E-state index in [1.807, 2.05) is 0 Å². The second-order valence-corrected chi connectivity index (χ2v) is 15.2. The van der Waals surface area contributed by atoms with Crippen molar-refractivity contribution in [1.82, 2.24) is 0 Å². The third-order valence-corrected chi connectivity index (χ3v) is 13.9. The summed E-state index contributed by atoms with van der Waals surface area (Å²) in [6.45, 7) is 18.1. The highest BCUT2D eigenvalue weighted by Gasteiger charge is 2.82. The predicted molar refractivity (Wildman–Crippen MR) is 141 cm³/mol. The molecule has 0 N–H and O–H groups in total. The van der Waals surface area contributed by atoms with Gasteiger partial charge < -0.3 is 4.74 Å². The van der Waals surface area contributed by atoms with Gasteiger partial charge in [-0.1, -0.05) is 41.5 Å². The number of carbonyl (C=O) groups is 2. The molecule has 0 aromatic carbocycles. The Hall–Kier alpha value is -0.860. The van der Waals surface area contributed by atoms with Crippen LogP contribution in [0.2, 0.25) is 0 Å². The number of rotatable bonds is 6. The Morgan fingerprint density at radius 3 is 2.11 bits per heavy atom. The summed E-state index contributed by atoms with van der Waals surface area (Å²) in [7, 11) is 0. The molecule has 198 valence electrons. The fourth-order valence-electron chi connectivity index (χ4n) is 11.6. The highest BCUT2D eigenvalue weighted by atomic mass is 16.5. The van der Waals surface area contributed by atoms with Crippen molar-refractivity contribution in [2.75, 3.05) is 0 Å². The number of hydrogen-bond donors (Lipinski definition) is 0. The van der Waals surface area contributed by atoms with E-state index in [1.165, 1.54) is 57.8 Å². The zero-order valence-electron chi connectivity index (χ0n) is 24.0. The third-order valence-electron chi connectivity index (χ3n) is 13.9. The van der Waals surface area contributed by atoms with Crippen molar-refractivity contribution in [3.8, 4) is 0 Å². The van der Waals surface area contributed by atoms with Gasteiger partial charge in [-0.15, -0.1) is 0 Å². The van der Waals surface area contributed by atoms with Gasteiger partial charge in [0, 0.05) is 18.3 Å². The Kier molecular flexibility index (Phi) is 5.94. The summed E-state index contributed by atoms with van der Waals surface area (Å²) in [6.07, 6.45) is 14.4. The van der Waals surface area contributed by atoms with Gasteiger partial charge >= 0.3 is 5.97 Å². The predicted octanol–water partition coefficient (Wildman–Crippen LogP) is 8.00. The van der Waals surface area contributed by atoms with Gasteiger partial charge in [-0.25, -0.2) is 0 Å². The van der Waals surface area contributed by atoms with Gasteiger partial charge in [-0.3, -0.25) is 9.59 Å². The average molecular weight is 485 g/mol. The van der Waals surface area contributed by atoms with Crippen molar-refractivity contribution < 1.29 is 14.3 Å². The van der Waals surface area contributed by atoms with E-state index in [0.29, 0.717) is 39.3 Å². The zero-order valence-corrected chi connectivity index (χ0v) is 24.0. The maximum absolute atomic E-state index is 11.8. The molecule has 35 heavy (non-hydrogen) atoms. The summed E-state index contributed by atoms with van der Waals surface area (Å²) in [5, 5.41) is 0. The van der Waals surface area contributed by atoms with Crippen LogP contribution in [0.25, 0.3) is 0 Å². The van der Waals surface area contributed by atoms with E-state index >= 15 is 0 Å². The topological polar surface area (TPSA) is 43.4 Å². The van der Waals surface area contributed by atoms with E-state index in [1.54, 1.807) is 13.8 Å².